The van der Waals surface area contributed by atoms with Crippen molar-refractivity contribution in [3.63, 3.8) is 0 Å². The van der Waals surface area contributed by atoms with E-state index < -0.39 is 0 Å². The summed E-state index contributed by atoms with van der Waals surface area (Å²) in [6.45, 7) is 8.65. The van der Waals surface area contributed by atoms with E-state index in [0.717, 1.165) is 35.7 Å². The normalized spacial score (nSPS) is 10.2. The quantitative estimate of drug-likeness (QED) is 0.717. The van der Waals surface area contributed by atoms with Crippen LogP contribution in [-0.2, 0) is 7.05 Å². The Morgan fingerprint density at radius 1 is 1.64 bits per heavy atom. The summed E-state index contributed by atoms with van der Waals surface area (Å²) >= 11 is 0. The number of hydrogen-bond acceptors (Lipinski definition) is 3. The molecule has 0 saturated carbocycles. The second-order valence-corrected chi connectivity index (χ2v) is 3.43. The van der Waals surface area contributed by atoms with Gasteiger partial charge in [-0.15, -0.1) is 0 Å². The summed E-state index contributed by atoms with van der Waals surface area (Å²) in [6.07, 6.45) is 0.976. The maximum atomic E-state index is 5.86. The van der Waals surface area contributed by atoms with Gasteiger partial charge in [-0.25, -0.2) is 0 Å². The first-order valence-corrected chi connectivity index (χ1v) is 4.75. The van der Waals surface area contributed by atoms with Gasteiger partial charge in [0.1, 0.15) is 5.82 Å². The first-order chi connectivity index (χ1) is 6.56. The molecule has 1 heterocycles. The van der Waals surface area contributed by atoms with Crippen molar-refractivity contribution >= 4 is 11.5 Å². The molecule has 4 nitrogen and oxygen atoms in total. The molecule has 0 unspecified atom stereocenters. The number of nitrogens with zero attached hydrogens (tertiary/aromatic N) is 2. The van der Waals surface area contributed by atoms with Gasteiger partial charge in [0.2, 0.25) is 0 Å². The van der Waals surface area contributed by atoms with Crippen LogP contribution in [0, 0.1) is 6.92 Å². The zero-order chi connectivity index (χ0) is 10.7. The Kier molecular flexibility index (Phi) is 3.17. The monoisotopic (exact) mass is 194 g/mol. The van der Waals surface area contributed by atoms with Gasteiger partial charge in [-0.3, -0.25) is 4.68 Å². The van der Waals surface area contributed by atoms with Gasteiger partial charge in [-0.2, -0.15) is 5.10 Å². The van der Waals surface area contributed by atoms with Crippen LogP contribution in [0.25, 0.3) is 0 Å². The fraction of sp³-hybridized carbons (Fsp3) is 0.500. The zero-order valence-corrected chi connectivity index (χ0v) is 9.09. The van der Waals surface area contributed by atoms with Gasteiger partial charge in [0.15, 0.2) is 0 Å². The number of nitrogens with one attached hydrogen (secondary N) is 1. The highest BCUT2D eigenvalue weighted by Gasteiger charge is 2.08. The molecule has 1 rings (SSSR count). The van der Waals surface area contributed by atoms with E-state index in [-0.39, 0.29) is 0 Å². The van der Waals surface area contributed by atoms with Gasteiger partial charge in [-0.1, -0.05) is 19.1 Å². The van der Waals surface area contributed by atoms with E-state index >= 15 is 0 Å². The summed E-state index contributed by atoms with van der Waals surface area (Å²) < 4.78 is 1.76. The number of rotatable bonds is 4. The zero-order valence-electron chi connectivity index (χ0n) is 9.09. The number of hydrogen-bond donors (Lipinski definition) is 2. The van der Waals surface area contributed by atoms with Gasteiger partial charge in [-0.05, 0) is 13.3 Å². The maximum Gasteiger partial charge on any atom is 0.148 e. The highest BCUT2D eigenvalue weighted by Crippen LogP contribution is 2.20. The summed E-state index contributed by atoms with van der Waals surface area (Å²) in [7, 11) is 1.88. The molecule has 3 N–H and O–H groups in total. The van der Waals surface area contributed by atoms with E-state index in [9.17, 15) is 0 Å². The SMILES string of the molecule is C=C(CC)CNc1c(N)c(C)nn1C. The average Bonchev–Trinajstić information content (AvgIpc) is 2.39. The number of aromatic nitrogens is 2. The summed E-state index contributed by atoms with van der Waals surface area (Å²) in [5.74, 6) is 0.872. The molecule has 0 saturated heterocycles. The van der Waals surface area contributed by atoms with Crippen LogP contribution in [0.1, 0.15) is 19.0 Å². The van der Waals surface area contributed by atoms with E-state index in [4.69, 9.17) is 5.73 Å². The van der Waals surface area contributed by atoms with Crippen LogP contribution >= 0.6 is 0 Å². The third-order valence-electron chi connectivity index (χ3n) is 2.27. The Morgan fingerprint density at radius 3 is 2.71 bits per heavy atom. The molecular weight excluding hydrogens is 176 g/mol. The molecule has 0 atom stereocenters. The van der Waals surface area contributed by atoms with Crippen molar-refractivity contribution < 1.29 is 0 Å². The van der Waals surface area contributed by atoms with Crippen molar-refractivity contribution in [2.45, 2.75) is 20.3 Å². The van der Waals surface area contributed by atoms with Crippen molar-refractivity contribution in [1.82, 2.24) is 9.78 Å². The van der Waals surface area contributed by atoms with Gasteiger partial charge < -0.3 is 11.1 Å². The fourth-order valence-electron chi connectivity index (χ4n) is 1.22. The smallest absolute Gasteiger partial charge is 0.148 e. The third-order valence-corrected chi connectivity index (χ3v) is 2.27. The number of nitrogens with two attached hydrogens (primary N) is 1. The molecule has 4 heteroatoms. The van der Waals surface area contributed by atoms with Crippen molar-refractivity contribution in [2.75, 3.05) is 17.6 Å². The standard InChI is InChI=1S/C10H18N4/c1-5-7(2)6-12-10-9(11)8(3)13-14(10)4/h12H,2,5-6,11H2,1,3-4H3. The van der Waals surface area contributed by atoms with Gasteiger partial charge in [0.05, 0.1) is 11.4 Å². The van der Waals surface area contributed by atoms with Crippen LogP contribution in [0.5, 0.6) is 0 Å². The van der Waals surface area contributed by atoms with Crippen LogP contribution in [-0.4, -0.2) is 16.3 Å². The molecular formula is C10H18N4. The first-order valence-electron chi connectivity index (χ1n) is 4.75. The number of anilines is 2. The lowest BCUT2D eigenvalue weighted by Crippen LogP contribution is -2.09. The van der Waals surface area contributed by atoms with Crippen LogP contribution in [0.15, 0.2) is 12.2 Å². The Bertz CT molecular complexity index is 338. The summed E-state index contributed by atoms with van der Waals surface area (Å²) in [5, 5.41) is 7.44. The van der Waals surface area contributed by atoms with Crippen LogP contribution in [0.4, 0.5) is 11.5 Å². The van der Waals surface area contributed by atoms with Crippen molar-refractivity contribution in [1.29, 1.82) is 0 Å². The molecule has 0 amide bonds. The molecule has 0 spiro atoms. The van der Waals surface area contributed by atoms with Crippen molar-refractivity contribution in [2.24, 2.45) is 7.05 Å². The maximum absolute atomic E-state index is 5.86. The molecule has 1 aromatic rings. The lowest BCUT2D eigenvalue weighted by molar-refractivity contribution is 0.760. The van der Waals surface area contributed by atoms with E-state index in [1.807, 2.05) is 14.0 Å². The highest BCUT2D eigenvalue weighted by molar-refractivity contribution is 5.64. The summed E-state index contributed by atoms with van der Waals surface area (Å²) in [6, 6.07) is 0. The molecule has 0 aromatic carbocycles. The average molecular weight is 194 g/mol. The van der Waals surface area contributed by atoms with Crippen LogP contribution in [0.2, 0.25) is 0 Å². The summed E-state index contributed by atoms with van der Waals surface area (Å²) in [5.41, 5.74) is 8.59. The van der Waals surface area contributed by atoms with Gasteiger partial charge in [0.25, 0.3) is 0 Å². The minimum absolute atomic E-state index is 0.719. The summed E-state index contributed by atoms with van der Waals surface area (Å²) in [4.78, 5) is 0. The Morgan fingerprint density at radius 2 is 2.29 bits per heavy atom. The molecule has 78 valence electrons. The highest BCUT2D eigenvalue weighted by atomic mass is 15.3. The van der Waals surface area contributed by atoms with Crippen LogP contribution < -0.4 is 11.1 Å². The lowest BCUT2D eigenvalue weighted by Gasteiger charge is -2.08. The first kappa shape index (κ1) is 10.6. The predicted octanol–water partition coefficient (Wildman–Crippen LogP) is 1.69. The van der Waals surface area contributed by atoms with Crippen molar-refractivity contribution in [3.05, 3.63) is 17.8 Å². The molecule has 0 bridgehead atoms. The van der Waals surface area contributed by atoms with E-state index in [0.29, 0.717) is 0 Å². The van der Waals surface area contributed by atoms with Gasteiger partial charge >= 0.3 is 0 Å². The molecule has 0 aliphatic heterocycles. The van der Waals surface area contributed by atoms with Gasteiger partial charge in [0, 0.05) is 13.6 Å². The Labute approximate surface area is 84.8 Å². The molecule has 1 aromatic heterocycles. The molecule has 0 fully saturated rings. The number of nitrogen functional groups attached to an aromatic ring is 1. The molecule has 0 aliphatic rings. The predicted molar refractivity (Wildman–Crippen MR) is 60.3 cm³/mol. The Balaban J connectivity index is 2.71. The van der Waals surface area contributed by atoms with Crippen LogP contribution in [0.3, 0.4) is 0 Å². The minimum Gasteiger partial charge on any atom is -0.394 e. The van der Waals surface area contributed by atoms with Crippen molar-refractivity contribution in [3.8, 4) is 0 Å². The number of aryl methyl sites for hydroxylation is 2. The molecule has 14 heavy (non-hydrogen) atoms. The second-order valence-electron chi connectivity index (χ2n) is 3.43. The lowest BCUT2D eigenvalue weighted by atomic mass is 10.2. The Hall–Kier alpha value is -1.45. The van der Waals surface area contributed by atoms with E-state index in [1.54, 1.807) is 4.68 Å². The largest absolute Gasteiger partial charge is 0.394 e. The topological polar surface area (TPSA) is 55.9 Å². The molecule has 0 radical (unpaired) electrons. The third kappa shape index (κ3) is 2.07. The molecule has 0 aliphatic carbocycles. The fourth-order valence-corrected chi connectivity index (χ4v) is 1.22. The van der Waals surface area contributed by atoms with E-state index in [2.05, 4.69) is 23.9 Å². The van der Waals surface area contributed by atoms with E-state index in [1.165, 1.54) is 0 Å². The minimum atomic E-state index is 0.719. The second kappa shape index (κ2) is 4.17.